The topological polar surface area (TPSA) is 60.2 Å². The van der Waals surface area contributed by atoms with E-state index in [-0.39, 0.29) is 11.8 Å². The number of ether oxygens (including phenoxy) is 1. The van der Waals surface area contributed by atoms with Gasteiger partial charge in [0.15, 0.2) is 0 Å². The Kier molecular flexibility index (Phi) is 3.52. The third-order valence-electron chi connectivity index (χ3n) is 4.76. The first-order chi connectivity index (χ1) is 11.2. The lowest BCUT2D eigenvalue weighted by Gasteiger charge is -2.32. The Hall–Kier alpha value is -2.37. The van der Waals surface area contributed by atoms with Gasteiger partial charge in [-0.25, -0.2) is 0 Å². The van der Waals surface area contributed by atoms with Gasteiger partial charge in [0.2, 0.25) is 0 Å². The van der Waals surface area contributed by atoms with Crippen molar-refractivity contribution in [3.63, 3.8) is 0 Å². The normalized spacial score (nSPS) is 20.2. The van der Waals surface area contributed by atoms with Crippen LogP contribution in [0.15, 0.2) is 24.5 Å². The number of nitrogens with zero attached hydrogens (tertiary/aromatic N) is 4. The molecule has 1 amide bonds. The van der Waals surface area contributed by atoms with Crippen LogP contribution in [0.1, 0.15) is 40.5 Å². The summed E-state index contributed by atoms with van der Waals surface area (Å²) in [6.45, 7) is 2.23. The molecule has 1 atom stereocenters. The molecule has 1 saturated heterocycles. The van der Waals surface area contributed by atoms with Crippen LogP contribution in [-0.4, -0.2) is 45.3 Å². The molecule has 1 aromatic heterocycles. The van der Waals surface area contributed by atoms with Crippen LogP contribution >= 0.6 is 0 Å². The van der Waals surface area contributed by atoms with Crippen molar-refractivity contribution < 1.29 is 9.53 Å². The van der Waals surface area contributed by atoms with Crippen molar-refractivity contribution in [1.29, 1.82) is 0 Å². The average molecular weight is 312 g/mol. The summed E-state index contributed by atoms with van der Waals surface area (Å²) < 4.78 is 7.46. The van der Waals surface area contributed by atoms with Crippen molar-refractivity contribution >= 4 is 5.91 Å². The number of hydrogen-bond donors (Lipinski definition) is 0. The van der Waals surface area contributed by atoms with Crippen LogP contribution in [0.3, 0.4) is 0 Å². The van der Waals surface area contributed by atoms with Gasteiger partial charge >= 0.3 is 0 Å². The SMILES string of the molecule is Cn1cnnc1[C@@H]1CCCN(C(=O)c2ccc3c(c2)CCO3)C1. The summed E-state index contributed by atoms with van der Waals surface area (Å²) in [5.74, 6) is 2.24. The number of amides is 1. The summed E-state index contributed by atoms with van der Waals surface area (Å²) in [6.07, 6.45) is 4.65. The van der Waals surface area contributed by atoms with E-state index < -0.39 is 0 Å². The molecule has 0 N–H and O–H groups in total. The Morgan fingerprint density at radius 3 is 3.13 bits per heavy atom. The fraction of sp³-hybridized carbons (Fsp3) is 0.471. The Morgan fingerprint density at radius 2 is 2.30 bits per heavy atom. The summed E-state index contributed by atoms with van der Waals surface area (Å²) in [7, 11) is 1.95. The molecule has 0 spiro atoms. The molecule has 23 heavy (non-hydrogen) atoms. The molecule has 1 fully saturated rings. The van der Waals surface area contributed by atoms with E-state index in [0.29, 0.717) is 13.2 Å². The monoisotopic (exact) mass is 312 g/mol. The van der Waals surface area contributed by atoms with Crippen LogP contribution in [0.2, 0.25) is 0 Å². The summed E-state index contributed by atoms with van der Waals surface area (Å²) in [6, 6.07) is 5.77. The number of aryl methyl sites for hydroxylation is 1. The van der Waals surface area contributed by atoms with Gasteiger partial charge in [0.05, 0.1) is 6.61 Å². The number of carbonyl (C=O) groups is 1. The van der Waals surface area contributed by atoms with Crippen LogP contribution in [0.5, 0.6) is 5.75 Å². The van der Waals surface area contributed by atoms with Crippen molar-refractivity contribution in [2.45, 2.75) is 25.2 Å². The maximum Gasteiger partial charge on any atom is 0.253 e. The number of aromatic nitrogens is 3. The zero-order valence-corrected chi connectivity index (χ0v) is 13.2. The Bertz CT molecular complexity index is 740. The summed E-state index contributed by atoms with van der Waals surface area (Å²) in [5, 5.41) is 8.17. The van der Waals surface area contributed by atoms with Gasteiger partial charge in [-0.1, -0.05) is 0 Å². The Labute approximate surface area is 135 Å². The second kappa shape index (κ2) is 5.68. The molecule has 0 aliphatic carbocycles. The van der Waals surface area contributed by atoms with Gasteiger partial charge in [0.1, 0.15) is 17.9 Å². The molecule has 2 aliphatic rings. The molecule has 3 heterocycles. The summed E-state index contributed by atoms with van der Waals surface area (Å²) in [4.78, 5) is 14.8. The number of hydrogen-bond acceptors (Lipinski definition) is 4. The van der Waals surface area contributed by atoms with Crippen molar-refractivity contribution in [1.82, 2.24) is 19.7 Å². The van der Waals surface area contributed by atoms with Gasteiger partial charge in [0.25, 0.3) is 5.91 Å². The number of fused-ring (bicyclic) bond motifs is 1. The Morgan fingerprint density at radius 1 is 1.39 bits per heavy atom. The minimum Gasteiger partial charge on any atom is -0.493 e. The van der Waals surface area contributed by atoms with E-state index in [2.05, 4.69) is 10.2 Å². The lowest BCUT2D eigenvalue weighted by atomic mass is 9.96. The highest BCUT2D eigenvalue weighted by Gasteiger charge is 2.28. The lowest BCUT2D eigenvalue weighted by Crippen LogP contribution is -2.39. The lowest BCUT2D eigenvalue weighted by molar-refractivity contribution is 0.0703. The summed E-state index contributed by atoms with van der Waals surface area (Å²) >= 11 is 0. The quantitative estimate of drug-likeness (QED) is 0.848. The first-order valence-electron chi connectivity index (χ1n) is 8.11. The predicted octanol–water partition coefficient (Wildman–Crippen LogP) is 1.77. The molecular weight excluding hydrogens is 292 g/mol. The minimum atomic E-state index is 0.103. The van der Waals surface area contributed by atoms with Gasteiger partial charge in [-0.3, -0.25) is 4.79 Å². The van der Waals surface area contributed by atoms with Crippen molar-refractivity contribution in [2.24, 2.45) is 7.05 Å². The maximum absolute atomic E-state index is 12.8. The first-order valence-corrected chi connectivity index (χ1v) is 8.11. The molecule has 2 aromatic rings. The summed E-state index contributed by atoms with van der Waals surface area (Å²) in [5.41, 5.74) is 1.89. The van der Waals surface area contributed by atoms with Crippen LogP contribution < -0.4 is 4.74 Å². The molecule has 1 aromatic carbocycles. The highest BCUT2D eigenvalue weighted by molar-refractivity contribution is 5.94. The predicted molar refractivity (Wildman–Crippen MR) is 84.5 cm³/mol. The number of carbonyl (C=O) groups excluding carboxylic acids is 1. The Balaban J connectivity index is 1.53. The van der Waals surface area contributed by atoms with Crippen molar-refractivity contribution in [3.8, 4) is 5.75 Å². The zero-order chi connectivity index (χ0) is 15.8. The van der Waals surface area contributed by atoms with Gasteiger partial charge in [-0.05, 0) is 36.6 Å². The fourth-order valence-electron chi connectivity index (χ4n) is 3.54. The molecule has 2 aliphatic heterocycles. The molecule has 4 rings (SSSR count). The highest BCUT2D eigenvalue weighted by atomic mass is 16.5. The molecule has 0 unspecified atom stereocenters. The number of likely N-dealkylation sites (tertiary alicyclic amines) is 1. The van der Waals surface area contributed by atoms with Crippen LogP contribution in [0.25, 0.3) is 0 Å². The van der Waals surface area contributed by atoms with E-state index in [1.807, 2.05) is 34.7 Å². The van der Waals surface area contributed by atoms with Crippen LogP contribution in [0.4, 0.5) is 0 Å². The van der Waals surface area contributed by atoms with E-state index in [1.54, 1.807) is 6.33 Å². The third-order valence-corrected chi connectivity index (χ3v) is 4.76. The van der Waals surface area contributed by atoms with Crippen molar-refractivity contribution in [2.75, 3.05) is 19.7 Å². The number of piperidine rings is 1. The van der Waals surface area contributed by atoms with Crippen molar-refractivity contribution in [3.05, 3.63) is 41.5 Å². The van der Waals surface area contributed by atoms with E-state index in [0.717, 1.165) is 48.5 Å². The molecule has 0 radical (unpaired) electrons. The molecule has 6 heteroatoms. The molecule has 0 bridgehead atoms. The van der Waals surface area contributed by atoms with E-state index in [4.69, 9.17) is 4.74 Å². The zero-order valence-electron chi connectivity index (χ0n) is 13.2. The number of benzene rings is 1. The van der Waals surface area contributed by atoms with E-state index in [1.165, 1.54) is 0 Å². The third kappa shape index (κ3) is 2.58. The smallest absolute Gasteiger partial charge is 0.253 e. The van der Waals surface area contributed by atoms with Gasteiger partial charge in [-0.15, -0.1) is 10.2 Å². The van der Waals surface area contributed by atoms with Gasteiger partial charge < -0.3 is 14.2 Å². The van der Waals surface area contributed by atoms with E-state index in [9.17, 15) is 4.79 Å². The molecule has 120 valence electrons. The van der Waals surface area contributed by atoms with E-state index >= 15 is 0 Å². The van der Waals surface area contributed by atoms with Gasteiger partial charge in [0, 0.05) is 38.0 Å². The van der Waals surface area contributed by atoms with Crippen LogP contribution in [0, 0.1) is 0 Å². The average Bonchev–Trinajstić information content (AvgIpc) is 3.22. The number of rotatable bonds is 2. The largest absolute Gasteiger partial charge is 0.493 e. The molecular formula is C17H20N4O2. The molecule has 0 saturated carbocycles. The second-order valence-electron chi connectivity index (χ2n) is 6.31. The highest BCUT2D eigenvalue weighted by Crippen LogP contribution is 2.29. The standard InChI is InChI=1S/C17H20N4O2/c1-20-11-18-19-16(20)14-3-2-7-21(10-14)17(22)13-4-5-15-12(9-13)6-8-23-15/h4-5,9,11,14H,2-3,6-8,10H2,1H3/t14-/m1/s1. The first kappa shape index (κ1) is 14.2. The van der Waals surface area contributed by atoms with Gasteiger partial charge in [-0.2, -0.15) is 0 Å². The van der Waals surface area contributed by atoms with Crippen LogP contribution in [-0.2, 0) is 13.5 Å². The minimum absolute atomic E-state index is 0.103. The maximum atomic E-state index is 12.8. The molecule has 6 nitrogen and oxygen atoms in total. The fourth-order valence-corrected chi connectivity index (χ4v) is 3.54. The second-order valence-corrected chi connectivity index (χ2v) is 6.31.